The van der Waals surface area contributed by atoms with Gasteiger partial charge in [-0.15, -0.1) is 0 Å². The van der Waals surface area contributed by atoms with E-state index in [2.05, 4.69) is 41.2 Å². The summed E-state index contributed by atoms with van der Waals surface area (Å²) in [6.07, 6.45) is 0. The molecule has 5 heteroatoms. The standard InChI is InChI=1S/C8H4Br2N2S/c9-6-3-1-5(2-4-6)7-11-8(10)13-12-7/h1-4H. The minimum Gasteiger partial charge on any atom is -0.208 e. The van der Waals surface area contributed by atoms with Crippen molar-refractivity contribution in [3.05, 3.63) is 32.7 Å². The van der Waals surface area contributed by atoms with Crippen molar-refractivity contribution in [1.29, 1.82) is 0 Å². The molecule has 0 aliphatic heterocycles. The van der Waals surface area contributed by atoms with Gasteiger partial charge in [-0.1, -0.05) is 28.1 Å². The topological polar surface area (TPSA) is 25.8 Å². The lowest BCUT2D eigenvalue weighted by Gasteiger charge is -1.93. The minimum absolute atomic E-state index is 0.768. The Morgan fingerprint density at radius 3 is 2.31 bits per heavy atom. The van der Waals surface area contributed by atoms with E-state index in [9.17, 15) is 0 Å². The fourth-order valence-electron chi connectivity index (χ4n) is 0.921. The van der Waals surface area contributed by atoms with E-state index in [1.54, 1.807) is 0 Å². The van der Waals surface area contributed by atoms with Crippen LogP contribution < -0.4 is 0 Å². The Balaban J connectivity index is 2.41. The van der Waals surface area contributed by atoms with Crippen LogP contribution in [0.5, 0.6) is 0 Å². The predicted octanol–water partition coefficient (Wildman–Crippen LogP) is 3.73. The fraction of sp³-hybridized carbons (Fsp3) is 0. The van der Waals surface area contributed by atoms with Crippen LogP contribution in [0.2, 0.25) is 0 Å². The van der Waals surface area contributed by atoms with Gasteiger partial charge in [0.2, 0.25) is 0 Å². The highest BCUT2D eigenvalue weighted by molar-refractivity contribution is 9.11. The van der Waals surface area contributed by atoms with Crippen LogP contribution in [0.25, 0.3) is 11.4 Å². The molecule has 0 saturated heterocycles. The first-order valence-electron chi connectivity index (χ1n) is 3.51. The van der Waals surface area contributed by atoms with Crippen molar-refractivity contribution in [2.24, 2.45) is 0 Å². The summed E-state index contributed by atoms with van der Waals surface area (Å²) < 4.78 is 6.06. The van der Waals surface area contributed by atoms with Gasteiger partial charge < -0.3 is 0 Å². The van der Waals surface area contributed by atoms with Gasteiger partial charge in [-0.05, 0) is 39.6 Å². The van der Waals surface area contributed by atoms with E-state index in [4.69, 9.17) is 0 Å². The zero-order valence-electron chi connectivity index (χ0n) is 6.37. The first kappa shape index (κ1) is 9.30. The molecule has 2 nitrogen and oxygen atoms in total. The van der Waals surface area contributed by atoms with Crippen LogP contribution in [-0.2, 0) is 0 Å². The van der Waals surface area contributed by atoms with E-state index in [0.717, 1.165) is 19.8 Å². The number of hydrogen-bond acceptors (Lipinski definition) is 3. The molecule has 2 aromatic rings. The Bertz CT molecular complexity index is 410. The van der Waals surface area contributed by atoms with Crippen molar-refractivity contribution < 1.29 is 0 Å². The largest absolute Gasteiger partial charge is 0.208 e. The zero-order chi connectivity index (χ0) is 9.26. The van der Waals surface area contributed by atoms with Gasteiger partial charge in [-0.25, -0.2) is 4.98 Å². The molecule has 1 aromatic heterocycles. The molecule has 0 aliphatic rings. The van der Waals surface area contributed by atoms with Crippen LogP contribution in [0.4, 0.5) is 0 Å². The lowest BCUT2D eigenvalue weighted by Crippen LogP contribution is -1.78. The second-order valence-corrected chi connectivity index (χ2v) is 5.32. The third-order valence-electron chi connectivity index (χ3n) is 1.50. The average Bonchev–Trinajstić information content (AvgIpc) is 2.53. The molecule has 2 rings (SSSR count). The number of benzene rings is 1. The molecule has 0 N–H and O–H groups in total. The summed E-state index contributed by atoms with van der Waals surface area (Å²) in [5, 5.41) is 0. The maximum atomic E-state index is 4.22. The molecule has 0 saturated carbocycles. The van der Waals surface area contributed by atoms with Gasteiger partial charge >= 0.3 is 0 Å². The van der Waals surface area contributed by atoms with Crippen LogP contribution in [0.15, 0.2) is 32.7 Å². The van der Waals surface area contributed by atoms with Crippen molar-refractivity contribution in [1.82, 2.24) is 9.36 Å². The van der Waals surface area contributed by atoms with Crippen LogP contribution in [0, 0.1) is 0 Å². The first-order chi connectivity index (χ1) is 6.25. The molecular formula is C8H4Br2N2S. The molecule has 13 heavy (non-hydrogen) atoms. The van der Waals surface area contributed by atoms with Crippen LogP contribution in [-0.4, -0.2) is 9.36 Å². The molecule has 1 heterocycles. The van der Waals surface area contributed by atoms with Gasteiger partial charge in [0.15, 0.2) is 9.74 Å². The van der Waals surface area contributed by atoms with E-state index in [1.165, 1.54) is 11.5 Å². The Hall–Kier alpha value is -0.260. The SMILES string of the molecule is Brc1ccc(-c2nsc(Br)n2)cc1. The fourth-order valence-corrected chi connectivity index (χ4v) is 2.01. The summed E-state index contributed by atoms with van der Waals surface area (Å²) in [5.41, 5.74) is 1.03. The Kier molecular flexibility index (Phi) is 2.76. The summed E-state index contributed by atoms with van der Waals surface area (Å²) in [5.74, 6) is 0.768. The quantitative estimate of drug-likeness (QED) is 0.800. The van der Waals surface area contributed by atoms with Gasteiger partial charge in [-0.3, -0.25) is 0 Å². The average molecular weight is 320 g/mol. The summed E-state index contributed by atoms with van der Waals surface area (Å²) in [7, 11) is 0. The van der Waals surface area contributed by atoms with Crippen molar-refractivity contribution >= 4 is 43.4 Å². The highest BCUT2D eigenvalue weighted by atomic mass is 79.9. The number of halogens is 2. The van der Waals surface area contributed by atoms with Crippen molar-refractivity contribution in [2.45, 2.75) is 0 Å². The van der Waals surface area contributed by atoms with Crippen LogP contribution in [0.1, 0.15) is 0 Å². The molecule has 0 unspecified atom stereocenters. The molecule has 0 radical (unpaired) electrons. The van der Waals surface area contributed by atoms with Gasteiger partial charge in [0.1, 0.15) is 0 Å². The molecule has 0 amide bonds. The van der Waals surface area contributed by atoms with E-state index in [1.807, 2.05) is 24.3 Å². The van der Waals surface area contributed by atoms with Crippen molar-refractivity contribution in [3.63, 3.8) is 0 Å². The lowest BCUT2D eigenvalue weighted by atomic mass is 10.2. The highest BCUT2D eigenvalue weighted by Gasteiger charge is 2.03. The molecule has 66 valence electrons. The van der Waals surface area contributed by atoms with E-state index in [-0.39, 0.29) is 0 Å². The molecule has 0 fully saturated rings. The Labute approximate surface area is 96.4 Å². The number of nitrogens with zero attached hydrogens (tertiary/aromatic N) is 2. The monoisotopic (exact) mass is 318 g/mol. The molecule has 0 atom stereocenters. The van der Waals surface area contributed by atoms with Crippen molar-refractivity contribution in [2.75, 3.05) is 0 Å². The third-order valence-corrected chi connectivity index (χ3v) is 3.15. The minimum atomic E-state index is 0.768. The second kappa shape index (κ2) is 3.86. The molecule has 1 aromatic carbocycles. The summed E-state index contributed by atoms with van der Waals surface area (Å²) in [6, 6.07) is 7.92. The number of hydrogen-bond donors (Lipinski definition) is 0. The molecular weight excluding hydrogens is 316 g/mol. The number of rotatable bonds is 1. The maximum Gasteiger partial charge on any atom is 0.179 e. The van der Waals surface area contributed by atoms with Gasteiger partial charge in [-0.2, -0.15) is 4.37 Å². The van der Waals surface area contributed by atoms with Crippen LogP contribution >= 0.6 is 43.4 Å². The van der Waals surface area contributed by atoms with Gasteiger partial charge in [0.25, 0.3) is 0 Å². The zero-order valence-corrected chi connectivity index (χ0v) is 10.4. The molecule has 0 bridgehead atoms. The first-order valence-corrected chi connectivity index (χ1v) is 5.87. The van der Waals surface area contributed by atoms with Gasteiger partial charge in [0.05, 0.1) is 0 Å². The Morgan fingerprint density at radius 1 is 1.08 bits per heavy atom. The molecule has 0 aliphatic carbocycles. The highest BCUT2D eigenvalue weighted by Crippen LogP contribution is 2.22. The molecule has 0 spiro atoms. The maximum absolute atomic E-state index is 4.22. The van der Waals surface area contributed by atoms with E-state index >= 15 is 0 Å². The summed E-state index contributed by atoms with van der Waals surface area (Å²) >= 11 is 8.00. The van der Waals surface area contributed by atoms with Crippen LogP contribution in [0.3, 0.4) is 0 Å². The third kappa shape index (κ3) is 2.15. The van der Waals surface area contributed by atoms with Gasteiger partial charge in [0, 0.05) is 10.0 Å². The Morgan fingerprint density at radius 2 is 1.77 bits per heavy atom. The summed E-state index contributed by atoms with van der Waals surface area (Å²) in [4.78, 5) is 4.22. The number of aromatic nitrogens is 2. The predicted molar refractivity (Wildman–Crippen MR) is 60.7 cm³/mol. The van der Waals surface area contributed by atoms with E-state index < -0.39 is 0 Å². The lowest BCUT2D eigenvalue weighted by molar-refractivity contribution is 1.30. The second-order valence-electron chi connectivity index (χ2n) is 2.38. The normalized spacial score (nSPS) is 10.3. The van der Waals surface area contributed by atoms with Crippen molar-refractivity contribution in [3.8, 4) is 11.4 Å². The van der Waals surface area contributed by atoms with E-state index in [0.29, 0.717) is 0 Å². The summed E-state index contributed by atoms with van der Waals surface area (Å²) in [6.45, 7) is 0. The smallest absolute Gasteiger partial charge is 0.179 e.